The Balaban J connectivity index is 1.95. The van der Waals surface area contributed by atoms with E-state index in [1.165, 1.54) is 18.5 Å². The summed E-state index contributed by atoms with van der Waals surface area (Å²) in [6.07, 6.45) is 7.70. The Kier molecular flexibility index (Phi) is 5.59. The zero-order valence-electron chi connectivity index (χ0n) is 12.4. The first-order valence-electron chi connectivity index (χ1n) is 7.80. The molecule has 0 bridgehead atoms. The van der Waals surface area contributed by atoms with Crippen LogP contribution in [0.3, 0.4) is 0 Å². The van der Waals surface area contributed by atoms with Gasteiger partial charge in [-0.15, -0.1) is 0 Å². The van der Waals surface area contributed by atoms with Crippen molar-refractivity contribution in [3.8, 4) is 0 Å². The van der Waals surface area contributed by atoms with Crippen molar-refractivity contribution < 1.29 is 14.5 Å². The molecule has 0 radical (unpaired) electrons. The van der Waals surface area contributed by atoms with Crippen LogP contribution in [0.1, 0.15) is 39.0 Å². The van der Waals surface area contributed by atoms with Crippen molar-refractivity contribution in [2.45, 2.75) is 39.0 Å². The third-order valence-electron chi connectivity index (χ3n) is 3.97. The van der Waals surface area contributed by atoms with Gasteiger partial charge in [-0.3, -0.25) is 9.59 Å². The molecule has 1 atom stereocenters. The van der Waals surface area contributed by atoms with Gasteiger partial charge in [0.1, 0.15) is 0 Å². The number of nitrogens with zero attached hydrogens (tertiary/aromatic N) is 1. The van der Waals surface area contributed by atoms with Crippen molar-refractivity contribution in [3.63, 3.8) is 0 Å². The van der Waals surface area contributed by atoms with Crippen LogP contribution in [0.15, 0.2) is 11.8 Å². The van der Waals surface area contributed by atoms with Crippen molar-refractivity contribution in [2.24, 2.45) is 0 Å². The maximum atomic E-state index is 12.5. The summed E-state index contributed by atoms with van der Waals surface area (Å²) >= 11 is 0. The van der Waals surface area contributed by atoms with Gasteiger partial charge in [-0.1, -0.05) is 13.0 Å². The fraction of sp³-hybridized carbons (Fsp3) is 0.733. The summed E-state index contributed by atoms with van der Waals surface area (Å²) in [6, 6.07) is 0. The number of quaternary nitrogens is 1. The van der Waals surface area contributed by atoms with Gasteiger partial charge in [-0.25, -0.2) is 0 Å². The Labute approximate surface area is 121 Å². The SMILES string of the molecule is CCCN(C(=O)C[NH+]1CCNC(=O)C1)C1=CCCCC1. The highest BCUT2D eigenvalue weighted by Crippen LogP contribution is 2.21. The van der Waals surface area contributed by atoms with Gasteiger partial charge in [0.05, 0.1) is 13.1 Å². The Bertz CT molecular complexity index is 393. The van der Waals surface area contributed by atoms with Crippen LogP contribution in [-0.2, 0) is 9.59 Å². The minimum absolute atomic E-state index is 0.0537. The van der Waals surface area contributed by atoms with Crippen LogP contribution in [0.5, 0.6) is 0 Å². The molecule has 1 fully saturated rings. The van der Waals surface area contributed by atoms with E-state index in [2.05, 4.69) is 18.3 Å². The molecule has 5 nitrogen and oxygen atoms in total. The Morgan fingerprint density at radius 1 is 1.45 bits per heavy atom. The molecule has 1 saturated heterocycles. The predicted molar refractivity (Wildman–Crippen MR) is 77.1 cm³/mol. The van der Waals surface area contributed by atoms with Crippen LogP contribution >= 0.6 is 0 Å². The average molecular weight is 280 g/mol. The Hall–Kier alpha value is -1.36. The number of hydrogen-bond acceptors (Lipinski definition) is 2. The zero-order chi connectivity index (χ0) is 14.4. The number of carbonyl (C=O) groups excluding carboxylic acids is 2. The van der Waals surface area contributed by atoms with Crippen LogP contribution < -0.4 is 10.2 Å². The molecule has 1 unspecified atom stereocenters. The normalized spacial score (nSPS) is 22.9. The highest BCUT2D eigenvalue weighted by atomic mass is 16.2. The van der Waals surface area contributed by atoms with Crippen LogP contribution in [0.2, 0.25) is 0 Å². The van der Waals surface area contributed by atoms with E-state index in [4.69, 9.17) is 0 Å². The van der Waals surface area contributed by atoms with Gasteiger partial charge in [0.15, 0.2) is 13.1 Å². The maximum absolute atomic E-state index is 12.5. The van der Waals surface area contributed by atoms with E-state index in [0.717, 1.165) is 37.3 Å². The van der Waals surface area contributed by atoms with E-state index in [9.17, 15) is 9.59 Å². The van der Waals surface area contributed by atoms with E-state index < -0.39 is 0 Å². The molecule has 0 saturated carbocycles. The second kappa shape index (κ2) is 7.43. The van der Waals surface area contributed by atoms with Crippen LogP contribution in [-0.4, -0.2) is 49.4 Å². The van der Waals surface area contributed by atoms with E-state index in [1.807, 2.05) is 4.90 Å². The van der Waals surface area contributed by atoms with Crippen molar-refractivity contribution in [1.82, 2.24) is 10.2 Å². The monoisotopic (exact) mass is 280 g/mol. The molecule has 5 heteroatoms. The lowest BCUT2D eigenvalue weighted by molar-refractivity contribution is -0.885. The second-order valence-electron chi connectivity index (χ2n) is 5.69. The molecule has 112 valence electrons. The lowest BCUT2D eigenvalue weighted by Crippen LogP contribution is -3.16. The van der Waals surface area contributed by atoms with Gasteiger partial charge in [-0.05, 0) is 32.1 Å². The number of carbonyl (C=O) groups is 2. The largest absolute Gasteiger partial charge is 0.346 e. The first-order valence-corrected chi connectivity index (χ1v) is 7.80. The molecular formula is C15H26N3O2+. The Morgan fingerprint density at radius 3 is 2.95 bits per heavy atom. The number of hydrogen-bond donors (Lipinski definition) is 2. The van der Waals surface area contributed by atoms with E-state index in [0.29, 0.717) is 19.6 Å². The minimum Gasteiger partial charge on any atom is -0.346 e. The van der Waals surface area contributed by atoms with Crippen molar-refractivity contribution in [2.75, 3.05) is 32.7 Å². The first-order chi connectivity index (χ1) is 9.70. The zero-order valence-corrected chi connectivity index (χ0v) is 12.4. The minimum atomic E-state index is 0.0537. The summed E-state index contributed by atoms with van der Waals surface area (Å²) in [5, 5.41) is 2.81. The molecular weight excluding hydrogens is 254 g/mol. The lowest BCUT2D eigenvalue weighted by Gasteiger charge is -2.30. The molecule has 2 amide bonds. The van der Waals surface area contributed by atoms with E-state index >= 15 is 0 Å². The standard InChI is InChI=1S/C15H25N3O2/c1-2-9-18(13-6-4-3-5-7-13)15(20)12-17-10-8-16-14(19)11-17/h6H,2-5,7-12H2,1H3,(H,16,19)/p+1. The molecule has 0 aromatic carbocycles. The highest BCUT2D eigenvalue weighted by molar-refractivity contribution is 5.80. The molecule has 2 N–H and O–H groups in total. The van der Waals surface area contributed by atoms with Gasteiger partial charge in [0.25, 0.3) is 11.8 Å². The van der Waals surface area contributed by atoms with Crippen LogP contribution in [0, 0.1) is 0 Å². The summed E-state index contributed by atoms with van der Waals surface area (Å²) < 4.78 is 0. The number of amides is 2. The summed E-state index contributed by atoms with van der Waals surface area (Å²) in [5.41, 5.74) is 1.20. The smallest absolute Gasteiger partial charge is 0.281 e. The second-order valence-corrected chi connectivity index (χ2v) is 5.69. The molecule has 1 heterocycles. The van der Waals surface area contributed by atoms with Crippen molar-refractivity contribution in [1.29, 1.82) is 0 Å². The summed E-state index contributed by atoms with van der Waals surface area (Å²) in [4.78, 5) is 27.0. The van der Waals surface area contributed by atoms with Gasteiger partial charge < -0.3 is 15.1 Å². The van der Waals surface area contributed by atoms with Gasteiger partial charge in [-0.2, -0.15) is 0 Å². The predicted octanol–water partition coefficient (Wildman–Crippen LogP) is -0.302. The van der Waals surface area contributed by atoms with Gasteiger partial charge in [0.2, 0.25) is 0 Å². The molecule has 0 aromatic heterocycles. The number of rotatable bonds is 5. The molecule has 1 aliphatic carbocycles. The summed E-state index contributed by atoms with van der Waals surface area (Å²) in [7, 11) is 0. The fourth-order valence-electron chi connectivity index (χ4n) is 2.94. The summed E-state index contributed by atoms with van der Waals surface area (Å²) in [5.74, 6) is 0.225. The number of piperazine rings is 1. The maximum Gasteiger partial charge on any atom is 0.281 e. The number of allylic oxidation sites excluding steroid dienone is 2. The van der Waals surface area contributed by atoms with E-state index in [-0.39, 0.29) is 11.8 Å². The molecule has 1 aliphatic heterocycles. The lowest BCUT2D eigenvalue weighted by atomic mass is 10.0. The molecule has 20 heavy (non-hydrogen) atoms. The van der Waals surface area contributed by atoms with Crippen molar-refractivity contribution >= 4 is 11.8 Å². The molecule has 0 spiro atoms. The molecule has 2 aliphatic rings. The van der Waals surface area contributed by atoms with Crippen molar-refractivity contribution in [3.05, 3.63) is 11.8 Å². The quantitative estimate of drug-likeness (QED) is 0.726. The first kappa shape index (κ1) is 15.0. The highest BCUT2D eigenvalue weighted by Gasteiger charge is 2.26. The third kappa shape index (κ3) is 4.07. The topological polar surface area (TPSA) is 53.9 Å². The van der Waals surface area contributed by atoms with E-state index in [1.54, 1.807) is 0 Å². The van der Waals surface area contributed by atoms with Gasteiger partial charge in [0, 0.05) is 12.2 Å². The third-order valence-corrected chi connectivity index (χ3v) is 3.97. The fourth-order valence-corrected chi connectivity index (χ4v) is 2.94. The Morgan fingerprint density at radius 2 is 2.30 bits per heavy atom. The van der Waals surface area contributed by atoms with Gasteiger partial charge >= 0.3 is 0 Å². The number of nitrogens with one attached hydrogen (secondary N) is 2. The van der Waals surface area contributed by atoms with Crippen LogP contribution in [0.4, 0.5) is 0 Å². The average Bonchev–Trinajstić information content (AvgIpc) is 2.45. The van der Waals surface area contributed by atoms with Crippen LogP contribution in [0.25, 0.3) is 0 Å². The summed E-state index contributed by atoms with van der Waals surface area (Å²) in [6.45, 7) is 5.28. The molecule has 2 rings (SSSR count). The molecule has 0 aromatic rings.